The highest BCUT2D eigenvalue weighted by atomic mass is 19.2. The minimum absolute atomic E-state index is 0.261. The zero-order valence-corrected chi connectivity index (χ0v) is 16.8. The van der Waals surface area contributed by atoms with E-state index in [0.717, 1.165) is 6.42 Å². The normalized spacial score (nSPS) is 11.1. The van der Waals surface area contributed by atoms with E-state index in [1.165, 1.54) is 5.56 Å². The fourth-order valence-corrected chi connectivity index (χ4v) is 2.31. The first-order chi connectivity index (χ1) is 14.3. The average molecular weight is 424 g/mol. The Morgan fingerprint density at radius 1 is 1.07 bits per heavy atom. The standard InChI is InChI=1S/C13H17F3N4O2.C8H10/c14-8-4-7(5-9(15)12(8)16)20-11(21)6-19-13(22)10(18)2-1-3-17;1-2-8-6-4-3-5-7-8/h4-5,10H,1-3,6,17-18H2,(H,19,22)(H,20,21);3-7H,2H2,1H3/t10-;/m0./s1. The number of anilines is 1. The lowest BCUT2D eigenvalue weighted by Gasteiger charge is -2.12. The Kier molecular flexibility index (Phi) is 11.2. The number of hydrogen-bond acceptors (Lipinski definition) is 4. The Balaban J connectivity index is 0.000000467. The van der Waals surface area contributed by atoms with Crippen molar-refractivity contribution < 1.29 is 22.8 Å². The lowest BCUT2D eigenvalue weighted by Crippen LogP contribution is -2.43. The van der Waals surface area contributed by atoms with Crippen LogP contribution in [0.4, 0.5) is 18.9 Å². The van der Waals surface area contributed by atoms with Crippen molar-refractivity contribution in [1.82, 2.24) is 5.32 Å². The summed E-state index contributed by atoms with van der Waals surface area (Å²) < 4.78 is 38.7. The molecule has 0 aliphatic carbocycles. The second kappa shape index (κ2) is 13.3. The third-order valence-electron chi connectivity index (χ3n) is 4.00. The summed E-state index contributed by atoms with van der Waals surface area (Å²) in [5, 5.41) is 4.40. The van der Waals surface area contributed by atoms with E-state index in [-0.39, 0.29) is 5.69 Å². The van der Waals surface area contributed by atoms with Gasteiger partial charge < -0.3 is 22.1 Å². The van der Waals surface area contributed by atoms with Crippen molar-refractivity contribution in [1.29, 1.82) is 0 Å². The molecule has 9 heteroatoms. The molecule has 0 fully saturated rings. The number of amides is 2. The van der Waals surface area contributed by atoms with Gasteiger partial charge in [-0.3, -0.25) is 9.59 Å². The summed E-state index contributed by atoms with van der Waals surface area (Å²) in [6.45, 7) is 2.12. The van der Waals surface area contributed by atoms with Gasteiger partial charge in [0.25, 0.3) is 0 Å². The first-order valence-electron chi connectivity index (χ1n) is 9.50. The van der Waals surface area contributed by atoms with Crippen molar-refractivity contribution in [2.24, 2.45) is 11.5 Å². The second-order valence-electron chi connectivity index (χ2n) is 6.40. The monoisotopic (exact) mass is 424 g/mol. The zero-order valence-electron chi connectivity index (χ0n) is 16.8. The SMILES string of the molecule is CCc1ccccc1.NCCC[C@H](N)C(=O)NCC(=O)Nc1cc(F)c(F)c(F)c1. The largest absolute Gasteiger partial charge is 0.346 e. The van der Waals surface area contributed by atoms with Crippen molar-refractivity contribution in [3.8, 4) is 0 Å². The van der Waals surface area contributed by atoms with Crippen molar-refractivity contribution in [3.05, 3.63) is 65.5 Å². The lowest BCUT2D eigenvalue weighted by molar-refractivity contribution is -0.125. The number of carbonyl (C=O) groups excluding carboxylic acids is 2. The number of nitrogens with one attached hydrogen (secondary N) is 2. The second-order valence-corrected chi connectivity index (χ2v) is 6.40. The fourth-order valence-electron chi connectivity index (χ4n) is 2.31. The first-order valence-corrected chi connectivity index (χ1v) is 9.50. The third-order valence-corrected chi connectivity index (χ3v) is 4.00. The summed E-state index contributed by atoms with van der Waals surface area (Å²) in [5.41, 5.74) is 12.0. The van der Waals surface area contributed by atoms with Crippen LogP contribution < -0.4 is 22.1 Å². The molecular formula is C21H27F3N4O2. The van der Waals surface area contributed by atoms with E-state index in [9.17, 15) is 22.8 Å². The van der Waals surface area contributed by atoms with E-state index >= 15 is 0 Å². The molecule has 0 aliphatic heterocycles. The maximum atomic E-state index is 13.0. The van der Waals surface area contributed by atoms with Crippen LogP contribution in [0.1, 0.15) is 25.3 Å². The highest BCUT2D eigenvalue weighted by Gasteiger charge is 2.15. The van der Waals surface area contributed by atoms with Crippen LogP contribution in [0.25, 0.3) is 0 Å². The summed E-state index contributed by atoms with van der Waals surface area (Å²) in [6.07, 6.45) is 2.08. The Hall–Kier alpha value is -2.91. The first kappa shape index (κ1) is 25.1. The highest BCUT2D eigenvalue weighted by Crippen LogP contribution is 2.17. The van der Waals surface area contributed by atoms with Crippen LogP contribution in [0.2, 0.25) is 0 Å². The summed E-state index contributed by atoms with van der Waals surface area (Å²) in [6, 6.07) is 10.9. The Morgan fingerprint density at radius 2 is 1.67 bits per heavy atom. The molecule has 6 N–H and O–H groups in total. The molecule has 2 amide bonds. The van der Waals surface area contributed by atoms with E-state index in [1.807, 2.05) is 6.07 Å². The van der Waals surface area contributed by atoms with Crippen LogP contribution in [0, 0.1) is 17.5 Å². The van der Waals surface area contributed by atoms with E-state index in [4.69, 9.17) is 11.5 Å². The van der Waals surface area contributed by atoms with E-state index in [0.29, 0.717) is 31.5 Å². The summed E-state index contributed by atoms with van der Waals surface area (Å²) in [4.78, 5) is 23.1. The summed E-state index contributed by atoms with van der Waals surface area (Å²) in [5.74, 6) is -5.76. The van der Waals surface area contributed by atoms with Crippen LogP contribution in [-0.4, -0.2) is 30.9 Å². The summed E-state index contributed by atoms with van der Waals surface area (Å²) in [7, 11) is 0. The molecule has 6 nitrogen and oxygen atoms in total. The molecule has 2 aromatic carbocycles. The Bertz CT molecular complexity index is 796. The number of benzene rings is 2. The molecule has 30 heavy (non-hydrogen) atoms. The van der Waals surface area contributed by atoms with Crippen molar-refractivity contribution in [3.63, 3.8) is 0 Å². The molecule has 0 unspecified atom stereocenters. The zero-order chi connectivity index (χ0) is 22.5. The van der Waals surface area contributed by atoms with Gasteiger partial charge in [-0.25, -0.2) is 13.2 Å². The van der Waals surface area contributed by atoms with Gasteiger partial charge in [-0.1, -0.05) is 37.3 Å². The van der Waals surface area contributed by atoms with Gasteiger partial charge in [0.05, 0.1) is 12.6 Å². The molecule has 0 aromatic heterocycles. The highest BCUT2D eigenvalue weighted by molar-refractivity contribution is 5.95. The van der Waals surface area contributed by atoms with Crippen molar-refractivity contribution in [2.75, 3.05) is 18.4 Å². The molecule has 0 saturated carbocycles. The number of halogens is 3. The molecule has 2 rings (SSSR count). The lowest BCUT2D eigenvalue weighted by atomic mass is 10.1. The topological polar surface area (TPSA) is 110 Å². The summed E-state index contributed by atoms with van der Waals surface area (Å²) >= 11 is 0. The molecule has 164 valence electrons. The quantitative estimate of drug-likeness (QED) is 0.488. The molecule has 0 aliphatic rings. The van der Waals surface area contributed by atoms with E-state index < -0.39 is 41.9 Å². The Morgan fingerprint density at radius 3 is 2.17 bits per heavy atom. The van der Waals surface area contributed by atoms with E-state index in [2.05, 4.69) is 41.8 Å². The molecule has 0 radical (unpaired) electrons. The van der Waals surface area contributed by atoms with Crippen molar-refractivity contribution >= 4 is 17.5 Å². The molecule has 2 aromatic rings. The number of aryl methyl sites for hydroxylation is 1. The minimum atomic E-state index is -1.63. The van der Waals surface area contributed by atoms with Crippen molar-refractivity contribution in [2.45, 2.75) is 32.2 Å². The van der Waals surface area contributed by atoms with Gasteiger partial charge in [0, 0.05) is 17.8 Å². The molecule has 0 spiro atoms. The van der Waals surface area contributed by atoms with Crippen LogP contribution in [0.5, 0.6) is 0 Å². The van der Waals surface area contributed by atoms with Gasteiger partial charge in [0.15, 0.2) is 17.5 Å². The van der Waals surface area contributed by atoms with Crippen LogP contribution >= 0.6 is 0 Å². The van der Waals surface area contributed by atoms with Gasteiger partial charge in [-0.15, -0.1) is 0 Å². The molecule has 0 saturated heterocycles. The minimum Gasteiger partial charge on any atom is -0.346 e. The Labute approximate surface area is 173 Å². The predicted octanol–water partition coefficient (Wildman–Crippen LogP) is 2.47. The van der Waals surface area contributed by atoms with Gasteiger partial charge in [0.1, 0.15) is 0 Å². The molecule has 0 heterocycles. The number of hydrogen-bond donors (Lipinski definition) is 4. The molecule has 0 bridgehead atoms. The van der Waals surface area contributed by atoms with Crippen LogP contribution in [0.15, 0.2) is 42.5 Å². The van der Waals surface area contributed by atoms with E-state index in [1.54, 1.807) is 0 Å². The van der Waals surface area contributed by atoms with Crippen LogP contribution in [-0.2, 0) is 16.0 Å². The maximum absolute atomic E-state index is 13.0. The van der Waals surface area contributed by atoms with Crippen LogP contribution in [0.3, 0.4) is 0 Å². The predicted molar refractivity (Wildman–Crippen MR) is 110 cm³/mol. The fraction of sp³-hybridized carbons (Fsp3) is 0.333. The number of carbonyl (C=O) groups is 2. The maximum Gasteiger partial charge on any atom is 0.243 e. The molecule has 1 atom stereocenters. The van der Waals surface area contributed by atoms with Gasteiger partial charge in [0.2, 0.25) is 11.8 Å². The third kappa shape index (κ3) is 9.06. The van der Waals surface area contributed by atoms with Gasteiger partial charge in [-0.05, 0) is 31.4 Å². The number of rotatable bonds is 8. The number of nitrogens with two attached hydrogens (primary N) is 2. The molecular weight excluding hydrogens is 397 g/mol. The smallest absolute Gasteiger partial charge is 0.243 e. The average Bonchev–Trinajstić information content (AvgIpc) is 2.75. The van der Waals surface area contributed by atoms with Gasteiger partial charge in [-0.2, -0.15) is 0 Å². The van der Waals surface area contributed by atoms with Gasteiger partial charge >= 0.3 is 0 Å².